The minimum Gasteiger partial charge on any atom is -0.329 e. The van der Waals surface area contributed by atoms with E-state index in [1.165, 1.54) is 6.42 Å². The molecule has 3 atom stereocenters. The number of rotatable bonds is 4. The van der Waals surface area contributed by atoms with Gasteiger partial charge in [0, 0.05) is 25.2 Å². The van der Waals surface area contributed by atoms with E-state index in [4.69, 9.17) is 5.73 Å². The highest BCUT2D eigenvalue weighted by atomic mass is 32.2. The summed E-state index contributed by atoms with van der Waals surface area (Å²) < 4.78 is 29.9. The van der Waals surface area contributed by atoms with E-state index in [0.29, 0.717) is 31.5 Å². The number of nitrogens with two attached hydrogens (primary N) is 1. The van der Waals surface area contributed by atoms with Gasteiger partial charge in [0.1, 0.15) is 0 Å². The molecule has 1 saturated heterocycles. The predicted molar refractivity (Wildman–Crippen MR) is 81.4 cm³/mol. The smallest absolute Gasteiger partial charge is 0.280 e. The van der Waals surface area contributed by atoms with Crippen LogP contribution in [0.15, 0.2) is 0 Å². The molecule has 2 fully saturated rings. The van der Waals surface area contributed by atoms with Crippen molar-refractivity contribution in [2.45, 2.75) is 57.9 Å². The third-order valence-corrected chi connectivity index (χ3v) is 6.79. The van der Waals surface area contributed by atoms with Gasteiger partial charge in [0.05, 0.1) is 0 Å². The molecule has 6 heteroatoms. The Hall–Kier alpha value is -0.170. The van der Waals surface area contributed by atoms with Crippen molar-refractivity contribution in [2.24, 2.45) is 17.6 Å². The Kier molecular flexibility index (Phi) is 5.10. The van der Waals surface area contributed by atoms with Crippen LogP contribution in [0.3, 0.4) is 0 Å². The quantitative estimate of drug-likeness (QED) is 0.825. The molecule has 118 valence electrons. The van der Waals surface area contributed by atoms with E-state index < -0.39 is 15.7 Å². The first kappa shape index (κ1) is 16.2. The summed E-state index contributed by atoms with van der Waals surface area (Å²) in [5, 5.41) is 0. The van der Waals surface area contributed by atoms with E-state index in [9.17, 15) is 8.42 Å². The topological polar surface area (TPSA) is 75.4 Å². The van der Waals surface area contributed by atoms with Crippen molar-refractivity contribution in [1.29, 1.82) is 0 Å². The fraction of sp³-hybridized carbons (Fsp3) is 1.00. The molecule has 20 heavy (non-hydrogen) atoms. The monoisotopic (exact) mass is 303 g/mol. The summed E-state index contributed by atoms with van der Waals surface area (Å²) in [5.41, 5.74) is 5.50. The third-order valence-electron chi connectivity index (χ3n) is 5.11. The van der Waals surface area contributed by atoms with E-state index in [2.05, 4.69) is 18.6 Å². The zero-order valence-electron chi connectivity index (χ0n) is 12.8. The molecule has 5 nitrogen and oxygen atoms in total. The molecule has 3 N–H and O–H groups in total. The maximum Gasteiger partial charge on any atom is 0.280 e. The van der Waals surface area contributed by atoms with E-state index in [-0.39, 0.29) is 0 Å². The molecule has 1 heterocycles. The number of piperidine rings is 1. The van der Waals surface area contributed by atoms with E-state index in [0.717, 1.165) is 32.1 Å². The van der Waals surface area contributed by atoms with Crippen LogP contribution in [0.25, 0.3) is 0 Å². The van der Waals surface area contributed by atoms with Gasteiger partial charge in [-0.25, -0.2) is 0 Å². The second-order valence-corrected chi connectivity index (χ2v) is 8.39. The zero-order chi connectivity index (χ0) is 14.8. The molecule has 3 unspecified atom stereocenters. The molecule has 1 saturated carbocycles. The standard InChI is InChI=1S/C14H29N3O2S/c1-12-6-5-9-17(10-12)20(18,19)16-14(11-15)8-4-3-7-13(14)2/h12-13,16H,3-11,15H2,1-2H3. The van der Waals surface area contributed by atoms with Crippen molar-refractivity contribution in [3.8, 4) is 0 Å². The first-order valence-corrected chi connectivity index (χ1v) is 9.33. The Balaban J connectivity index is 2.13. The lowest BCUT2D eigenvalue weighted by Gasteiger charge is -2.43. The third kappa shape index (κ3) is 3.35. The van der Waals surface area contributed by atoms with Gasteiger partial charge in [0.25, 0.3) is 10.2 Å². The van der Waals surface area contributed by atoms with E-state index >= 15 is 0 Å². The summed E-state index contributed by atoms with van der Waals surface area (Å²) in [6, 6.07) is 0. The lowest BCUT2D eigenvalue weighted by atomic mass is 9.74. The Bertz CT molecular complexity index is 426. The summed E-state index contributed by atoms with van der Waals surface area (Å²) in [4.78, 5) is 0. The van der Waals surface area contributed by atoms with Gasteiger partial charge in [-0.15, -0.1) is 0 Å². The number of hydrogen-bond acceptors (Lipinski definition) is 3. The van der Waals surface area contributed by atoms with Gasteiger partial charge in [-0.05, 0) is 37.5 Å². The molecule has 2 aliphatic rings. The molecule has 2 rings (SSSR count). The first-order valence-electron chi connectivity index (χ1n) is 7.89. The van der Waals surface area contributed by atoms with Gasteiger partial charge in [0.15, 0.2) is 0 Å². The average Bonchev–Trinajstić information content (AvgIpc) is 2.41. The molecule has 0 aromatic carbocycles. The minimum absolute atomic E-state index is 0.304. The summed E-state index contributed by atoms with van der Waals surface area (Å²) >= 11 is 0. The average molecular weight is 303 g/mol. The number of nitrogens with zero attached hydrogens (tertiary/aromatic N) is 1. The molecule has 0 amide bonds. The molecule has 1 aliphatic carbocycles. The van der Waals surface area contributed by atoms with Crippen molar-refractivity contribution < 1.29 is 8.42 Å². The molecule has 0 radical (unpaired) electrons. The second kappa shape index (κ2) is 6.30. The van der Waals surface area contributed by atoms with Crippen LogP contribution < -0.4 is 10.5 Å². The fourth-order valence-corrected chi connectivity index (χ4v) is 5.45. The Morgan fingerprint density at radius 1 is 1.25 bits per heavy atom. The van der Waals surface area contributed by atoms with Gasteiger partial charge >= 0.3 is 0 Å². The van der Waals surface area contributed by atoms with Gasteiger partial charge < -0.3 is 5.73 Å². The van der Waals surface area contributed by atoms with Crippen LogP contribution in [0, 0.1) is 11.8 Å². The van der Waals surface area contributed by atoms with Crippen LogP contribution in [0.1, 0.15) is 52.4 Å². The lowest BCUT2D eigenvalue weighted by molar-refractivity contribution is 0.183. The summed E-state index contributed by atoms with van der Waals surface area (Å²) in [7, 11) is -3.42. The van der Waals surface area contributed by atoms with Crippen LogP contribution >= 0.6 is 0 Å². The predicted octanol–water partition coefficient (Wildman–Crippen LogP) is 1.46. The van der Waals surface area contributed by atoms with Gasteiger partial charge in [-0.3, -0.25) is 0 Å². The SMILES string of the molecule is CC1CCCN(S(=O)(=O)NC2(CN)CCCCC2C)C1. The second-order valence-electron chi connectivity index (χ2n) is 6.72. The van der Waals surface area contributed by atoms with Crippen molar-refractivity contribution in [1.82, 2.24) is 9.03 Å². The summed E-state index contributed by atoms with van der Waals surface area (Å²) in [5.74, 6) is 0.746. The lowest BCUT2D eigenvalue weighted by Crippen LogP contribution is -2.62. The van der Waals surface area contributed by atoms with Crippen LogP contribution in [-0.2, 0) is 10.2 Å². The van der Waals surface area contributed by atoms with Crippen LogP contribution in [0.4, 0.5) is 0 Å². The van der Waals surface area contributed by atoms with Gasteiger partial charge in [-0.2, -0.15) is 17.4 Å². The fourth-order valence-electron chi connectivity index (χ4n) is 3.60. The van der Waals surface area contributed by atoms with Crippen molar-refractivity contribution in [3.05, 3.63) is 0 Å². The van der Waals surface area contributed by atoms with Crippen LogP contribution in [-0.4, -0.2) is 37.9 Å². The van der Waals surface area contributed by atoms with Gasteiger partial charge in [-0.1, -0.05) is 26.7 Å². The highest BCUT2D eigenvalue weighted by Crippen LogP contribution is 2.34. The number of nitrogens with one attached hydrogen (secondary N) is 1. The molecular weight excluding hydrogens is 274 g/mol. The molecule has 0 aromatic heterocycles. The minimum atomic E-state index is -3.42. The molecule has 0 bridgehead atoms. The first-order chi connectivity index (χ1) is 9.39. The van der Waals surface area contributed by atoms with Crippen molar-refractivity contribution in [2.75, 3.05) is 19.6 Å². The number of hydrogen-bond donors (Lipinski definition) is 2. The maximum atomic E-state index is 12.7. The Labute approximate surface area is 123 Å². The van der Waals surface area contributed by atoms with Crippen molar-refractivity contribution in [3.63, 3.8) is 0 Å². The molecular formula is C14H29N3O2S. The highest BCUT2D eigenvalue weighted by molar-refractivity contribution is 7.87. The molecule has 0 aromatic rings. The molecule has 1 aliphatic heterocycles. The summed E-state index contributed by atoms with van der Waals surface area (Å²) in [6.45, 7) is 5.88. The van der Waals surface area contributed by atoms with Gasteiger partial charge in [0.2, 0.25) is 0 Å². The van der Waals surface area contributed by atoms with E-state index in [1.54, 1.807) is 4.31 Å². The zero-order valence-corrected chi connectivity index (χ0v) is 13.6. The van der Waals surface area contributed by atoms with Crippen molar-refractivity contribution >= 4 is 10.2 Å². The maximum absolute atomic E-state index is 12.7. The Morgan fingerprint density at radius 3 is 2.60 bits per heavy atom. The molecule has 0 spiro atoms. The summed E-state index contributed by atoms with van der Waals surface area (Å²) in [6.07, 6.45) is 6.20. The highest BCUT2D eigenvalue weighted by Gasteiger charge is 2.42. The largest absolute Gasteiger partial charge is 0.329 e. The Morgan fingerprint density at radius 2 is 2.00 bits per heavy atom. The van der Waals surface area contributed by atoms with Crippen LogP contribution in [0.2, 0.25) is 0 Å². The normalized spacial score (nSPS) is 37.0. The van der Waals surface area contributed by atoms with E-state index in [1.807, 2.05) is 0 Å². The van der Waals surface area contributed by atoms with Crippen LogP contribution in [0.5, 0.6) is 0 Å².